The maximum atomic E-state index is 12.0. The molecule has 29 heavy (non-hydrogen) atoms. The lowest BCUT2D eigenvalue weighted by Crippen LogP contribution is -2.25. The molecule has 1 aliphatic heterocycles. The van der Waals surface area contributed by atoms with Crippen molar-refractivity contribution in [3.05, 3.63) is 22.7 Å². The number of nitrogens with two attached hydrogens (primary N) is 1. The SMILES string of the molecule is CNC(=O)c1sc2nc(C3CCCN3c3nc(OC)nc(OC)n3)ccc2c1N. The van der Waals surface area contributed by atoms with Gasteiger partial charge in [-0.2, -0.15) is 9.97 Å². The van der Waals surface area contributed by atoms with E-state index in [1.165, 1.54) is 25.6 Å². The van der Waals surface area contributed by atoms with Gasteiger partial charge >= 0.3 is 12.0 Å². The number of nitrogen functional groups attached to an aromatic ring is 1. The Labute approximate surface area is 171 Å². The highest BCUT2D eigenvalue weighted by Crippen LogP contribution is 2.38. The Morgan fingerprint density at radius 2 is 1.93 bits per heavy atom. The summed E-state index contributed by atoms with van der Waals surface area (Å²) in [6.07, 6.45) is 1.87. The van der Waals surface area contributed by atoms with Gasteiger partial charge in [0.25, 0.3) is 5.91 Å². The van der Waals surface area contributed by atoms with E-state index in [0.717, 1.165) is 35.3 Å². The maximum absolute atomic E-state index is 12.0. The second-order valence-corrected chi connectivity index (χ2v) is 7.47. The molecule has 0 radical (unpaired) electrons. The normalized spacial score (nSPS) is 16.2. The molecular weight excluding hydrogens is 394 g/mol. The van der Waals surface area contributed by atoms with Crippen molar-refractivity contribution in [2.24, 2.45) is 0 Å². The zero-order valence-electron chi connectivity index (χ0n) is 16.3. The second kappa shape index (κ2) is 7.66. The number of hydrogen-bond acceptors (Lipinski definition) is 10. The quantitative estimate of drug-likeness (QED) is 0.640. The van der Waals surface area contributed by atoms with Crippen LogP contribution in [0.15, 0.2) is 12.1 Å². The van der Waals surface area contributed by atoms with Crippen molar-refractivity contribution < 1.29 is 14.3 Å². The third kappa shape index (κ3) is 3.37. The van der Waals surface area contributed by atoms with Crippen LogP contribution in [-0.2, 0) is 0 Å². The Hall–Kier alpha value is -3.21. The molecule has 0 aromatic carbocycles. The van der Waals surface area contributed by atoms with Gasteiger partial charge < -0.3 is 25.4 Å². The van der Waals surface area contributed by atoms with Gasteiger partial charge in [-0.05, 0) is 25.0 Å². The van der Waals surface area contributed by atoms with Gasteiger partial charge in [0, 0.05) is 19.0 Å². The van der Waals surface area contributed by atoms with Crippen LogP contribution in [0.3, 0.4) is 0 Å². The predicted octanol–water partition coefficient (Wildman–Crippen LogP) is 1.78. The van der Waals surface area contributed by atoms with E-state index in [1.54, 1.807) is 7.05 Å². The van der Waals surface area contributed by atoms with E-state index >= 15 is 0 Å². The summed E-state index contributed by atoms with van der Waals surface area (Å²) in [5, 5.41) is 3.40. The fourth-order valence-corrected chi connectivity index (χ4v) is 4.48. The van der Waals surface area contributed by atoms with Crippen LogP contribution in [0.5, 0.6) is 12.0 Å². The molecule has 4 rings (SSSR count). The molecule has 0 aliphatic carbocycles. The summed E-state index contributed by atoms with van der Waals surface area (Å²) >= 11 is 1.29. The first kappa shape index (κ1) is 19.1. The van der Waals surface area contributed by atoms with Crippen LogP contribution in [0.4, 0.5) is 11.6 Å². The maximum Gasteiger partial charge on any atom is 0.324 e. The molecular formula is C18H21N7O3S. The van der Waals surface area contributed by atoms with Gasteiger partial charge in [0.05, 0.1) is 31.6 Å². The van der Waals surface area contributed by atoms with Gasteiger partial charge in [-0.25, -0.2) is 4.98 Å². The van der Waals surface area contributed by atoms with Crippen molar-refractivity contribution in [2.75, 3.05) is 38.4 Å². The number of nitrogens with one attached hydrogen (secondary N) is 1. The summed E-state index contributed by atoms with van der Waals surface area (Å²) in [5.41, 5.74) is 7.48. The molecule has 1 fully saturated rings. The molecule has 0 spiro atoms. The van der Waals surface area contributed by atoms with Gasteiger partial charge in [-0.15, -0.1) is 16.3 Å². The Balaban J connectivity index is 1.72. The molecule has 1 saturated heterocycles. The monoisotopic (exact) mass is 415 g/mol. The second-order valence-electron chi connectivity index (χ2n) is 6.47. The number of hydrogen-bond donors (Lipinski definition) is 2. The van der Waals surface area contributed by atoms with E-state index in [-0.39, 0.29) is 24.0 Å². The zero-order valence-corrected chi connectivity index (χ0v) is 17.1. The molecule has 3 N–H and O–H groups in total. The number of anilines is 2. The minimum atomic E-state index is -0.209. The largest absolute Gasteiger partial charge is 0.467 e. The molecule has 0 saturated carbocycles. The predicted molar refractivity (Wildman–Crippen MR) is 110 cm³/mol. The Morgan fingerprint density at radius 3 is 2.59 bits per heavy atom. The molecule has 1 aliphatic rings. The molecule has 1 amide bonds. The Kier molecular flexibility index (Phi) is 5.05. The van der Waals surface area contributed by atoms with Gasteiger partial charge in [-0.1, -0.05) is 0 Å². The standard InChI is InChI=1S/C18H21N7O3S/c1-20-14(26)13-12(19)9-6-7-10(21-15(9)29-13)11-5-4-8-25(11)16-22-17(27-2)24-18(23-16)28-3/h6-7,11H,4-5,8,19H2,1-3H3,(H,20,26). The Morgan fingerprint density at radius 1 is 1.21 bits per heavy atom. The summed E-state index contributed by atoms with van der Waals surface area (Å²) in [6.45, 7) is 0.775. The fourth-order valence-electron chi connectivity index (χ4n) is 3.43. The minimum absolute atomic E-state index is 0.0111. The van der Waals surface area contributed by atoms with Crippen molar-refractivity contribution in [1.82, 2.24) is 25.3 Å². The first-order valence-electron chi connectivity index (χ1n) is 9.07. The number of methoxy groups -OCH3 is 2. The number of fused-ring (bicyclic) bond motifs is 1. The summed E-state index contributed by atoms with van der Waals surface area (Å²) in [6, 6.07) is 4.24. The lowest BCUT2D eigenvalue weighted by atomic mass is 10.1. The third-order valence-corrected chi connectivity index (χ3v) is 5.96. The van der Waals surface area contributed by atoms with Crippen LogP contribution in [-0.4, -0.2) is 53.7 Å². The number of aromatic nitrogens is 4. The lowest BCUT2D eigenvalue weighted by molar-refractivity contribution is 0.0968. The molecule has 0 bridgehead atoms. The van der Waals surface area contributed by atoms with Crippen LogP contribution in [0.1, 0.15) is 34.2 Å². The summed E-state index contributed by atoms with van der Waals surface area (Å²) in [4.78, 5) is 32.9. The van der Waals surface area contributed by atoms with Crippen molar-refractivity contribution in [3.8, 4) is 12.0 Å². The summed E-state index contributed by atoms with van der Waals surface area (Å²) in [5.74, 6) is 0.272. The topological polar surface area (TPSA) is 128 Å². The number of nitrogens with zero attached hydrogens (tertiary/aromatic N) is 5. The minimum Gasteiger partial charge on any atom is -0.467 e. The smallest absolute Gasteiger partial charge is 0.324 e. The first-order chi connectivity index (χ1) is 14.0. The van der Waals surface area contributed by atoms with Crippen molar-refractivity contribution in [3.63, 3.8) is 0 Å². The van der Waals surface area contributed by atoms with Crippen LogP contribution in [0.2, 0.25) is 0 Å². The number of pyridine rings is 1. The zero-order chi connectivity index (χ0) is 20.5. The van der Waals surface area contributed by atoms with Crippen molar-refractivity contribution in [1.29, 1.82) is 0 Å². The first-order valence-corrected chi connectivity index (χ1v) is 9.89. The third-order valence-electron chi connectivity index (χ3n) is 4.85. The molecule has 3 aromatic heterocycles. The molecule has 4 heterocycles. The van der Waals surface area contributed by atoms with Gasteiger partial charge in [0.2, 0.25) is 5.95 Å². The number of amides is 1. The van der Waals surface area contributed by atoms with E-state index in [9.17, 15) is 4.79 Å². The van der Waals surface area contributed by atoms with E-state index < -0.39 is 0 Å². The number of carbonyl (C=O) groups is 1. The number of thiophene rings is 1. The number of rotatable bonds is 5. The molecule has 1 atom stereocenters. The summed E-state index contributed by atoms with van der Waals surface area (Å²) < 4.78 is 10.3. The molecule has 11 heteroatoms. The average molecular weight is 415 g/mol. The molecule has 3 aromatic rings. The van der Waals surface area contributed by atoms with E-state index in [4.69, 9.17) is 20.2 Å². The van der Waals surface area contributed by atoms with Crippen LogP contribution < -0.4 is 25.4 Å². The highest BCUT2D eigenvalue weighted by atomic mass is 32.1. The fraction of sp³-hybridized carbons (Fsp3) is 0.389. The molecule has 152 valence electrons. The number of carbonyl (C=O) groups excluding carboxylic acids is 1. The average Bonchev–Trinajstić information content (AvgIpc) is 3.37. The molecule has 10 nitrogen and oxygen atoms in total. The van der Waals surface area contributed by atoms with Gasteiger partial charge in [0.15, 0.2) is 0 Å². The number of ether oxygens (including phenoxy) is 2. The van der Waals surface area contributed by atoms with Crippen molar-refractivity contribution in [2.45, 2.75) is 18.9 Å². The highest BCUT2D eigenvalue weighted by Gasteiger charge is 2.31. The van der Waals surface area contributed by atoms with Crippen LogP contribution in [0.25, 0.3) is 10.2 Å². The summed E-state index contributed by atoms with van der Waals surface area (Å²) in [7, 11) is 4.58. The van der Waals surface area contributed by atoms with E-state index in [2.05, 4.69) is 25.2 Å². The van der Waals surface area contributed by atoms with E-state index in [1.807, 2.05) is 12.1 Å². The van der Waals surface area contributed by atoms with Gasteiger partial charge in [-0.3, -0.25) is 4.79 Å². The van der Waals surface area contributed by atoms with Crippen LogP contribution in [0, 0.1) is 0 Å². The van der Waals surface area contributed by atoms with Gasteiger partial charge in [0.1, 0.15) is 9.71 Å². The highest BCUT2D eigenvalue weighted by molar-refractivity contribution is 7.21. The van der Waals surface area contributed by atoms with E-state index in [0.29, 0.717) is 16.5 Å². The Bertz CT molecular complexity index is 1050. The van der Waals surface area contributed by atoms with Crippen molar-refractivity contribution >= 4 is 39.1 Å². The molecule has 1 unspecified atom stereocenters. The van der Waals surface area contributed by atoms with Crippen LogP contribution >= 0.6 is 11.3 Å². The lowest BCUT2D eigenvalue weighted by Gasteiger charge is -2.24.